The van der Waals surface area contributed by atoms with Crippen LogP contribution in [-0.4, -0.2) is 51.7 Å². The molecule has 4 rings (SSSR count). The zero-order chi connectivity index (χ0) is 21.1. The van der Waals surface area contributed by atoms with Gasteiger partial charge in [-0.2, -0.15) is 4.98 Å². The molecule has 0 aromatic carbocycles. The van der Waals surface area contributed by atoms with E-state index in [0.29, 0.717) is 24.1 Å². The third-order valence-corrected chi connectivity index (χ3v) is 5.27. The van der Waals surface area contributed by atoms with Gasteiger partial charge in [0.15, 0.2) is 0 Å². The van der Waals surface area contributed by atoms with Crippen LogP contribution in [0.4, 0.5) is 17.3 Å². The summed E-state index contributed by atoms with van der Waals surface area (Å²) in [5, 5.41) is 3.91. The Hall–Kier alpha value is -3.20. The highest BCUT2D eigenvalue weighted by molar-refractivity contribution is 5.79. The van der Waals surface area contributed by atoms with Gasteiger partial charge in [-0.15, -0.1) is 0 Å². The van der Waals surface area contributed by atoms with Gasteiger partial charge < -0.3 is 20.7 Å². The summed E-state index contributed by atoms with van der Waals surface area (Å²) in [7, 11) is 3.99. The number of hydrogen-bond acceptors (Lipinski definition) is 8. The lowest BCUT2D eigenvalue weighted by Crippen LogP contribution is -2.27. The highest BCUT2D eigenvalue weighted by Crippen LogP contribution is 2.31. The summed E-state index contributed by atoms with van der Waals surface area (Å²) in [4.78, 5) is 28.1. The largest absolute Gasteiger partial charge is 0.476 e. The molecule has 0 amide bonds. The molecular weight excluding hydrogens is 382 g/mol. The molecule has 1 fully saturated rings. The molecule has 9 nitrogen and oxygen atoms in total. The van der Waals surface area contributed by atoms with Crippen molar-refractivity contribution in [2.45, 2.75) is 31.7 Å². The number of nitrogen functional groups attached to an aromatic ring is 1. The molecule has 3 aromatic rings. The smallest absolute Gasteiger partial charge is 0.275 e. The maximum atomic E-state index is 12.7. The number of likely N-dealkylation sites (N-methyl/N-ethyl adjacent to an activating group) is 1. The van der Waals surface area contributed by atoms with E-state index in [9.17, 15) is 4.79 Å². The zero-order valence-electron chi connectivity index (χ0n) is 17.3. The Morgan fingerprint density at radius 1 is 1.23 bits per heavy atom. The van der Waals surface area contributed by atoms with E-state index in [1.807, 2.05) is 25.1 Å². The molecule has 0 radical (unpaired) electrons. The highest BCUT2D eigenvalue weighted by atomic mass is 16.5. The lowest BCUT2D eigenvalue weighted by molar-refractivity contribution is 0.254. The fourth-order valence-corrected chi connectivity index (χ4v) is 3.70. The number of anilines is 3. The van der Waals surface area contributed by atoms with Crippen LogP contribution in [0.3, 0.4) is 0 Å². The normalized spacial score (nSPS) is 14.5. The minimum absolute atomic E-state index is 0.131. The number of pyridine rings is 2. The van der Waals surface area contributed by atoms with E-state index in [4.69, 9.17) is 10.5 Å². The Morgan fingerprint density at radius 2 is 2.03 bits per heavy atom. The Labute approximate surface area is 174 Å². The highest BCUT2D eigenvalue weighted by Gasteiger charge is 2.22. The number of rotatable bonds is 7. The summed E-state index contributed by atoms with van der Waals surface area (Å²) < 4.78 is 7.36. The van der Waals surface area contributed by atoms with Crippen LogP contribution in [0.25, 0.3) is 11.0 Å². The molecular formula is C21H27N7O2. The van der Waals surface area contributed by atoms with Gasteiger partial charge in [0, 0.05) is 30.2 Å². The fourth-order valence-electron chi connectivity index (χ4n) is 3.70. The third-order valence-electron chi connectivity index (χ3n) is 5.27. The Balaban J connectivity index is 1.57. The van der Waals surface area contributed by atoms with E-state index < -0.39 is 0 Å². The summed E-state index contributed by atoms with van der Waals surface area (Å²) >= 11 is 0. The second kappa shape index (κ2) is 8.66. The molecule has 0 aliphatic heterocycles. The molecule has 3 N–H and O–H groups in total. The molecule has 1 saturated carbocycles. The summed E-state index contributed by atoms with van der Waals surface area (Å²) in [6.45, 7) is 1.39. The standard InChI is InChI=1S/C21H27N7O2/c1-27(2)9-10-30-18-8-7-15(13-23-18)25-21-24-12-14-11-17(22)20(29)28(19(14)26-21)16-5-3-4-6-16/h7-8,11-13,16H,3-6,9-10,22H2,1-2H3,(H,24,25,26). The molecule has 1 aliphatic rings. The number of aromatic nitrogens is 4. The van der Waals surface area contributed by atoms with Crippen molar-refractivity contribution in [3.05, 3.63) is 40.9 Å². The summed E-state index contributed by atoms with van der Waals surface area (Å²) in [6, 6.07) is 5.44. The Kier molecular flexibility index (Phi) is 5.80. The van der Waals surface area contributed by atoms with Crippen LogP contribution in [-0.2, 0) is 0 Å². The van der Waals surface area contributed by atoms with Crippen molar-refractivity contribution in [3.8, 4) is 5.88 Å². The first-order valence-electron chi connectivity index (χ1n) is 10.2. The van der Waals surface area contributed by atoms with Gasteiger partial charge in [-0.25, -0.2) is 9.97 Å². The van der Waals surface area contributed by atoms with Gasteiger partial charge in [0.05, 0.1) is 17.6 Å². The molecule has 30 heavy (non-hydrogen) atoms. The van der Waals surface area contributed by atoms with Gasteiger partial charge in [0.1, 0.15) is 12.3 Å². The second-order valence-electron chi connectivity index (χ2n) is 7.85. The second-order valence-corrected chi connectivity index (χ2v) is 7.85. The molecule has 3 heterocycles. The Morgan fingerprint density at radius 3 is 2.73 bits per heavy atom. The fraction of sp³-hybridized carbons (Fsp3) is 0.429. The predicted octanol–water partition coefficient (Wildman–Crippen LogP) is 2.57. The first kappa shape index (κ1) is 20.1. The van der Waals surface area contributed by atoms with Crippen LogP contribution >= 0.6 is 0 Å². The van der Waals surface area contributed by atoms with Crippen LogP contribution in [0, 0.1) is 0 Å². The van der Waals surface area contributed by atoms with Gasteiger partial charge >= 0.3 is 0 Å². The predicted molar refractivity (Wildman–Crippen MR) is 117 cm³/mol. The molecule has 9 heteroatoms. The molecule has 3 aromatic heterocycles. The van der Waals surface area contributed by atoms with Crippen molar-refractivity contribution in [2.24, 2.45) is 0 Å². The van der Waals surface area contributed by atoms with Crippen molar-refractivity contribution in [1.29, 1.82) is 0 Å². The topological polar surface area (TPSA) is 111 Å². The summed E-state index contributed by atoms with van der Waals surface area (Å²) in [6.07, 6.45) is 7.51. The average Bonchev–Trinajstić information content (AvgIpc) is 3.25. The minimum Gasteiger partial charge on any atom is -0.476 e. The number of hydrogen-bond donors (Lipinski definition) is 2. The van der Waals surface area contributed by atoms with E-state index in [1.54, 1.807) is 29.1 Å². The average molecular weight is 409 g/mol. The molecule has 0 spiro atoms. The molecule has 1 aliphatic carbocycles. The van der Waals surface area contributed by atoms with E-state index in [1.165, 1.54) is 0 Å². The monoisotopic (exact) mass is 409 g/mol. The summed E-state index contributed by atoms with van der Waals surface area (Å²) in [5.41, 5.74) is 7.35. The number of nitrogens with one attached hydrogen (secondary N) is 1. The Bertz CT molecular complexity index is 1070. The quantitative estimate of drug-likeness (QED) is 0.612. The number of fused-ring (bicyclic) bond motifs is 1. The van der Waals surface area contributed by atoms with Gasteiger partial charge in [-0.3, -0.25) is 9.36 Å². The van der Waals surface area contributed by atoms with E-state index >= 15 is 0 Å². The first-order valence-corrected chi connectivity index (χ1v) is 10.2. The number of ether oxygens (including phenoxy) is 1. The van der Waals surface area contributed by atoms with Crippen LogP contribution in [0.2, 0.25) is 0 Å². The van der Waals surface area contributed by atoms with Crippen LogP contribution in [0.1, 0.15) is 31.7 Å². The molecule has 0 bridgehead atoms. The number of nitrogens with zero attached hydrogens (tertiary/aromatic N) is 5. The summed E-state index contributed by atoms with van der Waals surface area (Å²) in [5.74, 6) is 0.967. The minimum atomic E-state index is -0.181. The van der Waals surface area contributed by atoms with E-state index in [-0.39, 0.29) is 17.3 Å². The SMILES string of the molecule is CN(C)CCOc1ccc(Nc2ncc3cc(N)c(=O)n(C4CCCC4)c3n2)cn1. The number of nitrogens with two attached hydrogens (primary N) is 1. The van der Waals surface area contributed by atoms with Crippen LogP contribution < -0.4 is 21.3 Å². The van der Waals surface area contributed by atoms with E-state index in [2.05, 4.69) is 20.3 Å². The van der Waals surface area contributed by atoms with E-state index in [0.717, 1.165) is 43.3 Å². The molecule has 0 unspecified atom stereocenters. The zero-order valence-corrected chi connectivity index (χ0v) is 17.3. The third kappa shape index (κ3) is 4.35. The lowest BCUT2D eigenvalue weighted by Gasteiger charge is -2.17. The van der Waals surface area contributed by atoms with Crippen molar-refractivity contribution in [3.63, 3.8) is 0 Å². The van der Waals surface area contributed by atoms with Crippen LogP contribution in [0.15, 0.2) is 35.4 Å². The first-order chi connectivity index (χ1) is 14.5. The van der Waals surface area contributed by atoms with Gasteiger partial charge in [0.2, 0.25) is 11.8 Å². The maximum absolute atomic E-state index is 12.7. The maximum Gasteiger partial charge on any atom is 0.275 e. The van der Waals surface area contributed by atoms with Crippen molar-refractivity contribution >= 4 is 28.4 Å². The van der Waals surface area contributed by atoms with Gasteiger partial charge in [-0.05, 0) is 39.1 Å². The van der Waals surface area contributed by atoms with Crippen molar-refractivity contribution < 1.29 is 4.74 Å². The van der Waals surface area contributed by atoms with Crippen LogP contribution in [0.5, 0.6) is 5.88 Å². The molecule has 0 atom stereocenters. The molecule has 158 valence electrons. The van der Waals surface area contributed by atoms with Crippen molar-refractivity contribution in [2.75, 3.05) is 38.3 Å². The van der Waals surface area contributed by atoms with Gasteiger partial charge in [0.25, 0.3) is 5.56 Å². The lowest BCUT2D eigenvalue weighted by atomic mass is 10.2. The molecule has 0 saturated heterocycles. The van der Waals surface area contributed by atoms with Gasteiger partial charge in [-0.1, -0.05) is 12.8 Å². The van der Waals surface area contributed by atoms with Crippen molar-refractivity contribution in [1.82, 2.24) is 24.4 Å².